The number of aromatic amines is 2. The van der Waals surface area contributed by atoms with Gasteiger partial charge in [0.05, 0.1) is 16.8 Å². The van der Waals surface area contributed by atoms with E-state index in [1.54, 1.807) is 49.2 Å². The number of carbonyl (C=O) groups excluding carboxylic acids is 2. The predicted molar refractivity (Wildman–Crippen MR) is 154 cm³/mol. The van der Waals surface area contributed by atoms with Crippen molar-refractivity contribution in [2.45, 2.75) is 45.2 Å². The normalized spacial score (nSPS) is 15.7. The van der Waals surface area contributed by atoms with Crippen LogP contribution in [0.15, 0.2) is 64.3 Å². The summed E-state index contributed by atoms with van der Waals surface area (Å²) in [7, 11) is 0. The molecule has 1 aliphatic heterocycles. The second-order valence-electron chi connectivity index (χ2n) is 10.9. The molecule has 1 fully saturated rings. The third kappa shape index (κ3) is 5.52. The molecule has 4 N–H and O–H groups in total. The van der Waals surface area contributed by atoms with Crippen molar-refractivity contribution < 1.29 is 19.5 Å². The predicted octanol–water partition coefficient (Wildman–Crippen LogP) is 2.42. The van der Waals surface area contributed by atoms with Crippen LogP contribution in [0.5, 0.6) is 0 Å². The van der Waals surface area contributed by atoms with Gasteiger partial charge in [-0.2, -0.15) is 0 Å². The van der Waals surface area contributed by atoms with Crippen LogP contribution < -0.4 is 16.6 Å². The fourth-order valence-electron chi connectivity index (χ4n) is 5.58. The largest absolute Gasteiger partial charge is 0.481 e. The van der Waals surface area contributed by atoms with Gasteiger partial charge in [-0.05, 0) is 42.5 Å². The third-order valence-electron chi connectivity index (χ3n) is 7.93. The van der Waals surface area contributed by atoms with Crippen molar-refractivity contribution in [3.63, 3.8) is 0 Å². The van der Waals surface area contributed by atoms with Crippen LogP contribution in [0.1, 0.15) is 38.3 Å². The Balaban J connectivity index is 1.50. The lowest BCUT2D eigenvalue weighted by atomic mass is 9.95. The van der Waals surface area contributed by atoms with Gasteiger partial charge in [0.25, 0.3) is 5.56 Å². The second kappa shape index (κ2) is 11.4. The standard InChI is InChI=1S/C30H33N5O6/c1-17(2)25(28(38)34-13-11-18(12-14-34)29(39)40)33-26(36)24(15-19-16-31-22-9-5-3-7-20(19)22)35-27(37)21-8-4-6-10-23(21)32-30(35)41/h3-10,16-18,24-25,31H,11-15H2,1-2H3,(H,32,41)(H,33,36)(H,39,40)/t24-,25-/m0/s1. The summed E-state index contributed by atoms with van der Waals surface area (Å²) in [5.74, 6) is -2.63. The van der Waals surface area contributed by atoms with Gasteiger partial charge in [-0.25, -0.2) is 9.36 Å². The molecule has 5 rings (SSSR count). The van der Waals surface area contributed by atoms with Gasteiger partial charge in [0.1, 0.15) is 12.1 Å². The fourth-order valence-corrected chi connectivity index (χ4v) is 5.58. The molecule has 0 unspecified atom stereocenters. The first kappa shape index (κ1) is 27.9. The molecule has 2 atom stereocenters. The zero-order chi connectivity index (χ0) is 29.3. The molecule has 0 aliphatic carbocycles. The summed E-state index contributed by atoms with van der Waals surface area (Å²) in [4.78, 5) is 73.2. The van der Waals surface area contributed by atoms with E-state index in [-0.39, 0.29) is 36.7 Å². The highest BCUT2D eigenvalue weighted by Gasteiger charge is 2.35. The average Bonchev–Trinajstić information content (AvgIpc) is 3.37. The monoisotopic (exact) mass is 559 g/mol. The van der Waals surface area contributed by atoms with Crippen LogP contribution in [0, 0.1) is 11.8 Å². The van der Waals surface area contributed by atoms with E-state index >= 15 is 0 Å². The Kier molecular flexibility index (Phi) is 7.78. The Morgan fingerprint density at radius 2 is 1.61 bits per heavy atom. The molecule has 0 spiro atoms. The molecule has 1 aliphatic rings. The van der Waals surface area contributed by atoms with Crippen molar-refractivity contribution >= 4 is 39.6 Å². The number of benzene rings is 2. The Hall–Kier alpha value is -4.67. The van der Waals surface area contributed by atoms with Gasteiger partial charge < -0.3 is 25.3 Å². The van der Waals surface area contributed by atoms with Gasteiger partial charge >= 0.3 is 11.7 Å². The number of carboxylic acid groups (broad SMARTS) is 1. The molecule has 2 aromatic heterocycles. The summed E-state index contributed by atoms with van der Waals surface area (Å²) in [6.07, 6.45) is 2.46. The number of fused-ring (bicyclic) bond motifs is 2. The number of para-hydroxylation sites is 2. The number of H-pyrrole nitrogens is 2. The SMILES string of the molecule is CC(C)[C@H](NC(=O)[C@H](Cc1c[nH]c2ccccc12)n1c(=O)[nH]c2ccccc2c1=O)C(=O)N1CCC(C(=O)O)CC1. The van der Waals surface area contributed by atoms with Crippen LogP contribution in [-0.4, -0.2) is 61.5 Å². The van der Waals surface area contributed by atoms with Crippen LogP contribution in [0.3, 0.4) is 0 Å². The summed E-state index contributed by atoms with van der Waals surface area (Å²) < 4.78 is 0.930. The number of carbonyl (C=O) groups is 3. The summed E-state index contributed by atoms with van der Waals surface area (Å²) in [5, 5.41) is 13.3. The molecule has 214 valence electrons. The van der Waals surface area contributed by atoms with E-state index < -0.39 is 41.1 Å². The van der Waals surface area contributed by atoms with Gasteiger partial charge in [-0.1, -0.05) is 44.2 Å². The van der Waals surface area contributed by atoms with E-state index in [0.717, 1.165) is 21.0 Å². The number of rotatable bonds is 8. The zero-order valence-corrected chi connectivity index (χ0v) is 22.9. The number of piperidine rings is 1. The number of hydrogen-bond donors (Lipinski definition) is 4. The maximum atomic E-state index is 14.0. The van der Waals surface area contributed by atoms with E-state index in [1.807, 2.05) is 24.3 Å². The Labute approximate surface area is 235 Å². The first-order valence-corrected chi connectivity index (χ1v) is 13.8. The van der Waals surface area contributed by atoms with Gasteiger partial charge in [0, 0.05) is 36.6 Å². The Morgan fingerprint density at radius 3 is 2.27 bits per heavy atom. The van der Waals surface area contributed by atoms with Crippen LogP contribution in [-0.2, 0) is 20.8 Å². The average molecular weight is 560 g/mol. The zero-order valence-electron chi connectivity index (χ0n) is 22.9. The van der Waals surface area contributed by atoms with Crippen LogP contribution in [0.2, 0.25) is 0 Å². The van der Waals surface area contributed by atoms with Crippen molar-refractivity contribution in [2.24, 2.45) is 11.8 Å². The van der Waals surface area contributed by atoms with E-state index in [4.69, 9.17) is 0 Å². The fraction of sp³-hybridized carbons (Fsp3) is 0.367. The number of aromatic nitrogens is 3. The molecule has 3 heterocycles. The van der Waals surface area contributed by atoms with Crippen molar-refractivity contribution in [3.8, 4) is 0 Å². The van der Waals surface area contributed by atoms with Gasteiger partial charge in [0.15, 0.2) is 0 Å². The van der Waals surface area contributed by atoms with E-state index in [9.17, 15) is 29.1 Å². The minimum absolute atomic E-state index is 0.0280. The highest BCUT2D eigenvalue weighted by Crippen LogP contribution is 2.24. The molecule has 0 saturated carbocycles. The van der Waals surface area contributed by atoms with Crippen LogP contribution in [0.25, 0.3) is 21.8 Å². The first-order chi connectivity index (χ1) is 19.7. The number of amides is 2. The van der Waals surface area contributed by atoms with E-state index in [1.165, 1.54) is 0 Å². The molecule has 2 amide bonds. The lowest BCUT2D eigenvalue weighted by Crippen LogP contribution is -2.55. The number of carboxylic acids is 1. The number of likely N-dealkylation sites (tertiary alicyclic amines) is 1. The minimum Gasteiger partial charge on any atom is -0.481 e. The summed E-state index contributed by atoms with van der Waals surface area (Å²) in [6.45, 7) is 4.15. The van der Waals surface area contributed by atoms with Gasteiger partial charge in [0.2, 0.25) is 11.8 Å². The number of hydrogen-bond acceptors (Lipinski definition) is 5. The lowest BCUT2D eigenvalue weighted by molar-refractivity contribution is -0.146. The molecule has 11 nitrogen and oxygen atoms in total. The molecule has 11 heteroatoms. The smallest absolute Gasteiger partial charge is 0.329 e. The minimum atomic E-state index is -1.25. The third-order valence-corrected chi connectivity index (χ3v) is 7.93. The quantitative estimate of drug-likeness (QED) is 0.260. The summed E-state index contributed by atoms with van der Waals surface area (Å²) in [5.41, 5.74) is 0.624. The molecule has 0 bridgehead atoms. The van der Waals surface area contributed by atoms with Crippen molar-refractivity contribution in [2.75, 3.05) is 13.1 Å². The molecular weight excluding hydrogens is 526 g/mol. The van der Waals surface area contributed by atoms with Crippen molar-refractivity contribution in [1.29, 1.82) is 0 Å². The van der Waals surface area contributed by atoms with Crippen LogP contribution in [0.4, 0.5) is 0 Å². The summed E-state index contributed by atoms with van der Waals surface area (Å²) in [6, 6.07) is 12.0. The molecule has 4 aromatic rings. The van der Waals surface area contributed by atoms with Crippen molar-refractivity contribution in [3.05, 3.63) is 81.1 Å². The highest BCUT2D eigenvalue weighted by molar-refractivity contribution is 5.91. The molecular formula is C30H33N5O6. The molecule has 1 saturated heterocycles. The van der Waals surface area contributed by atoms with Crippen LogP contribution >= 0.6 is 0 Å². The lowest BCUT2D eigenvalue weighted by Gasteiger charge is -2.34. The van der Waals surface area contributed by atoms with Gasteiger partial charge in [-0.15, -0.1) is 0 Å². The first-order valence-electron chi connectivity index (χ1n) is 13.8. The van der Waals surface area contributed by atoms with Crippen molar-refractivity contribution in [1.82, 2.24) is 24.8 Å². The highest BCUT2D eigenvalue weighted by atomic mass is 16.4. The van der Waals surface area contributed by atoms with Gasteiger partial charge in [-0.3, -0.25) is 19.2 Å². The summed E-state index contributed by atoms with van der Waals surface area (Å²) >= 11 is 0. The molecule has 41 heavy (non-hydrogen) atoms. The Bertz CT molecular complexity index is 1730. The number of nitrogens with one attached hydrogen (secondary N) is 3. The van der Waals surface area contributed by atoms with E-state index in [2.05, 4.69) is 15.3 Å². The molecule has 0 radical (unpaired) electrons. The topological polar surface area (TPSA) is 157 Å². The second-order valence-corrected chi connectivity index (χ2v) is 10.9. The molecule has 2 aromatic carbocycles. The number of aliphatic carboxylic acids is 1. The maximum Gasteiger partial charge on any atom is 0.329 e. The maximum absolute atomic E-state index is 14.0. The Morgan fingerprint density at radius 1 is 0.976 bits per heavy atom. The van der Waals surface area contributed by atoms with E-state index in [0.29, 0.717) is 18.4 Å². The number of nitrogens with zero attached hydrogens (tertiary/aromatic N) is 2.